The minimum Gasteiger partial charge on any atom is -0.383 e. The van der Waals surface area contributed by atoms with Gasteiger partial charge in [0, 0.05) is 36.6 Å². The summed E-state index contributed by atoms with van der Waals surface area (Å²) in [6, 6.07) is 14.7. The molecule has 2 aromatic rings. The van der Waals surface area contributed by atoms with Gasteiger partial charge in [-0.25, -0.2) is 0 Å². The Morgan fingerprint density at radius 2 is 1.79 bits per heavy atom. The maximum atomic E-state index is 12.2. The highest BCUT2D eigenvalue weighted by Gasteiger charge is 2.22. The van der Waals surface area contributed by atoms with Gasteiger partial charge in [0.25, 0.3) is 11.6 Å². The van der Waals surface area contributed by atoms with Gasteiger partial charge in [-0.3, -0.25) is 14.9 Å². The number of carbonyl (C=O) groups is 1. The monoisotopic (exact) mass is 398 g/mol. The van der Waals surface area contributed by atoms with Crippen LogP contribution in [0.4, 0.5) is 17.1 Å². The third-order valence-corrected chi connectivity index (χ3v) is 5.19. The molecule has 3 rings (SSSR count). The van der Waals surface area contributed by atoms with Crippen molar-refractivity contribution in [2.24, 2.45) is 0 Å². The van der Waals surface area contributed by atoms with E-state index in [0.29, 0.717) is 19.6 Å². The SMILES string of the molecule is Cc1ccccc1N1CC[NH+](CC(=O)NCCNc2ccc([N+](=O)[O-])cc2)CC1. The number of non-ortho nitro benzene ring substituents is 1. The minimum atomic E-state index is -0.423. The number of aryl methyl sites for hydroxylation is 1. The lowest BCUT2D eigenvalue weighted by Crippen LogP contribution is -3.16. The van der Waals surface area contributed by atoms with Crippen LogP contribution in [-0.4, -0.2) is 56.6 Å². The van der Waals surface area contributed by atoms with Gasteiger partial charge in [0.15, 0.2) is 6.54 Å². The highest BCUT2D eigenvalue weighted by atomic mass is 16.6. The summed E-state index contributed by atoms with van der Waals surface area (Å²) in [5.41, 5.74) is 3.43. The van der Waals surface area contributed by atoms with Gasteiger partial charge >= 0.3 is 0 Å². The fourth-order valence-electron chi connectivity index (χ4n) is 3.56. The number of rotatable bonds is 8. The van der Waals surface area contributed by atoms with Gasteiger partial charge in [-0.15, -0.1) is 0 Å². The molecule has 0 saturated carbocycles. The lowest BCUT2D eigenvalue weighted by molar-refractivity contribution is -0.892. The molecule has 0 aliphatic carbocycles. The first kappa shape index (κ1) is 20.6. The van der Waals surface area contributed by atoms with Crippen LogP contribution in [-0.2, 0) is 4.79 Å². The molecule has 154 valence electrons. The quantitative estimate of drug-likeness (QED) is 0.348. The number of amides is 1. The minimum absolute atomic E-state index is 0.0508. The molecule has 0 aromatic heterocycles. The summed E-state index contributed by atoms with van der Waals surface area (Å²) in [7, 11) is 0. The first-order valence-corrected chi connectivity index (χ1v) is 9.92. The molecular weight excluding hydrogens is 370 g/mol. The number of anilines is 2. The van der Waals surface area contributed by atoms with E-state index in [4.69, 9.17) is 0 Å². The summed E-state index contributed by atoms with van der Waals surface area (Å²) in [6.07, 6.45) is 0. The second-order valence-electron chi connectivity index (χ2n) is 7.28. The van der Waals surface area contributed by atoms with Crippen molar-refractivity contribution in [1.29, 1.82) is 0 Å². The summed E-state index contributed by atoms with van der Waals surface area (Å²) in [6.45, 7) is 7.50. The zero-order valence-electron chi connectivity index (χ0n) is 16.7. The summed E-state index contributed by atoms with van der Waals surface area (Å²) < 4.78 is 0. The number of nitro benzene ring substituents is 1. The van der Waals surface area contributed by atoms with E-state index in [2.05, 4.69) is 46.7 Å². The summed E-state index contributed by atoms with van der Waals surface area (Å²) in [4.78, 5) is 26.1. The molecule has 1 amide bonds. The van der Waals surface area contributed by atoms with E-state index >= 15 is 0 Å². The first-order chi connectivity index (χ1) is 14.0. The zero-order valence-corrected chi connectivity index (χ0v) is 16.7. The number of nitro groups is 1. The van der Waals surface area contributed by atoms with E-state index in [9.17, 15) is 14.9 Å². The molecule has 1 aliphatic rings. The van der Waals surface area contributed by atoms with Gasteiger partial charge in [0.1, 0.15) is 0 Å². The van der Waals surface area contributed by atoms with E-state index in [1.807, 2.05) is 0 Å². The Bertz CT molecular complexity index is 832. The second kappa shape index (κ2) is 9.88. The molecule has 1 heterocycles. The average molecular weight is 398 g/mol. The van der Waals surface area contributed by atoms with Crippen molar-refractivity contribution in [2.75, 3.05) is 56.0 Å². The lowest BCUT2D eigenvalue weighted by Gasteiger charge is -2.34. The summed E-state index contributed by atoms with van der Waals surface area (Å²) in [5.74, 6) is 0.0508. The maximum absolute atomic E-state index is 12.2. The number of quaternary nitrogens is 1. The van der Waals surface area contributed by atoms with Crippen molar-refractivity contribution >= 4 is 23.0 Å². The molecule has 0 spiro atoms. The van der Waals surface area contributed by atoms with Gasteiger partial charge in [0.05, 0.1) is 31.1 Å². The Hall–Kier alpha value is -3.13. The Kier molecular flexibility index (Phi) is 7.02. The maximum Gasteiger partial charge on any atom is 0.275 e. The first-order valence-electron chi connectivity index (χ1n) is 9.92. The highest BCUT2D eigenvalue weighted by molar-refractivity contribution is 5.76. The molecule has 1 aliphatic heterocycles. The van der Waals surface area contributed by atoms with Crippen molar-refractivity contribution in [1.82, 2.24) is 5.32 Å². The molecule has 0 unspecified atom stereocenters. The van der Waals surface area contributed by atoms with Crippen LogP contribution in [0.1, 0.15) is 5.56 Å². The van der Waals surface area contributed by atoms with Gasteiger partial charge < -0.3 is 20.4 Å². The molecule has 0 radical (unpaired) electrons. The molecule has 29 heavy (non-hydrogen) atoms. The van der Waals surface area contributed by atoms with E-state index in [1.54, 1.807) is 12.1 Å². The van der Waals surface area contributed by atoms with Crippen LogP contribution < -0.4 is 20.4 Å². The summed E-state index contributed by atoms with van der Waals surface area (Å²) >= 11 is 0. The van der Waals surface area contributed by atoms with Crippen LogP contribution >= 0.6 is 0 Å². The molecule has 0 bridgehead atoms. The molecule has 1 saturated heterocycles. The van der Waals surface area contributed by atoms with Crippen molar-refractivity contribution < 1.29 is 14.6 Å². The number of nitrogens with one attached hydrogen (secondary N) is 3. The van der Waals surface area contributed by atoms with E-state index in [-0.39, 0.29) is 11.6 Å². The average Bonchev–Trinajstić information content (AvgIpc) is 2.73. The molecule has 3 N–H and O–H groups in total. The predicted octanol–water partition coefficient (Wildman–Crippen LogP) is 0.836. The van der Waals surface area contributed by atoms with E-state index in [1.165, 1.54) is 28.3 Å². The number of hydrogen-bond acceptors (Lipinski definition) is 5. The Morgan fingerprint density at radius 1 is 1.10 bits per heavy atom. The number of hydrogen-bond donors (Lipinski definition) is 3. The van der Waals surface area contributed by atoms with Crippen molar-refractivity contribution in [2.45, 2.75) is 6.92 Å². The standard InChI is InChI=1S/C21H27N5O3/c1-17-4-2-3-5-20(17)25-14-12-24(13-15-25)16-21(27)23-11-10-22-18-6-8-19(9-7-18)26(28)29/h2-9,22H,10-16H2,1H3,(H,23,27)/p+1. The number of nitrogens with zero attached hydrogens (tertiary/aromatic N) is 2. The molecule has 8 heteroatoms. The van der Waals surface area contributed by atoms with Crippen molar-refractivity contribution in [3.8, 4) is 0 Å². The van der Waals surface area contributed by atoms with Crippen LogP contribution in [0.15, 0.2) is 48.5 Å². The van der Waals surface area contributed by atoms with Crippen LogP contribution in [0.3, 0.4) is 0 Å². The largest absolute Gasteiger partial charge is 0.383 e. The van der Waals surface area contributed by atoms with Crippen LogP contribution in [0.25, 0.3) is 0 Å². The fraction of sp³-hybridized carbons (Fsp3) is 0.381. The van der Waals surface area contributed by atoms with Crippen LogP contribution in [0.2, 0.25) is 0 Å². The third-order valence-electron chi connectivity index (χ3n) is 5.19. The van der Waals surface area contributed by atoms with Crippen LogP contribution in [0.5, 0.6) is 0 Å². The van der Waals surface area contributed by atoms with Gasteiger partial charge in [-0.2, -0.15) is 0 Å². The third kappa shape index (κ3) is 5.92. The molecule has 8 nitrogen and oxygen atoms in total. The lowest BCUT2D eigenvalue weighted by atomic mass is 10.1. The second-order valence-corrected chi connectivity index (χ2v) is 7.28. The topological polar surface area (TPSA) is 92.0 Å². The van der Waals surface area contributed by atoms with Gasteiger partial charge in [0.2, 0.25) is 0 Å². The number of para-hydroxylation sites is 1. The molecule has 1 fully saturated rings. The highest BCUT2D eigenvalue weighted by Crippen LogP contribution is 2.18. The van der Waals surface area contributed by atoms with Gasteiger partial charge in [-0.05, 0) is 30.7 Å². The molecular formula is C21H28N5O3+. The number of benzene rings is 2. The Labute approximate surface area is 170 Å². The van der Waals surface area contributed by atoms with Crippen LogP contribution in [0, 0.1) is 17.0 Å². The van der Waals surface area contributed by atoms with E-state index < -0.39 is 4.92 Å². The van der Waals surface area contributed by atoms with Gasteiger partial charge in [-0.1, -0.05) is 18.2 Å². The van der Waals surface area contributed by atoms with Crippen molar-refractivity contribution in [3.05, 3.63) is 64.2 Å². The van der Waals surface area contributed by atoms with Crippen molar-refractivity contribution in [3.63, 3.8) is 0 Å². The fourth-order valence-corrected chi connectivity index (χ4v) is 3.56. The zero-order chi connectivity index (χ0) is 20.6. The Morgan fingerprint density at radius 3 is 2.45 bits per heavy atom. The smallest absolute Gasteiger partial charge is 0.275 e. The summed E-state index contributed by atoms with van der Waals surface area (Å²) in [5, 5.41) is 16.7. The molecule has 2 aromatic carbocycles. The number of carbonyl (C=O) groups excluding carboxylic acids is 1. The predicted molar refractivity (Wildman–Crippen MR) is 114 cm³/mol. The molecule has 0 atom stereocenters. The normalized spacial score (nSPS) is 14.4. The van der Waals surface area contributed by atoms with E-state index in [0.717, 1.165) is 31.9 Å². The Balaban J connectivity index is 1.33. The number of piperazine rings is 1.